The number of hydrogen-bond donors (Lipinski definition) is 1. The predicted molar refractivity (Wildman–Crippen MR) is 81.8 cm³/mol. The summed E-state index contributed by atoms with van der Waals surface area (Å²) in [5.74, 6) is 0.791. The normalized spacial score (nSPS) is 11.1. The number of furan rings is 1. The Hall–Kier alpha value is -1.84. The van der Waals surface area contributed by atoms with Crippen molar-refractivity contribution in [2.75, 3.05) is 6.54 Å². The zero-order valence-electron chi connectivity index (χ0n) is 11.2. The summed E-state index contributed by atoms with van der Waals surface area (Å²) in [6, 6.07) is 9.82. The van der Waals surface area contributed by atoms with Crippen molar-refractivity contribution in [2.24, 2.45) is 0 Å². The quantitative estimate of drug-likeness (QED) is 0.779. The third-order valence-corrected chi connectivity index (χ3v) is 3.45. The smallest absolute Gasteiger partial charge is 0.153 e. The van der Waals surface area contributed by atoms with E-state index in [1.165, 1.54) is 0 Å². The third-order valence-electron chi connectivity index (χ3n) is 3.15. The van der Waals surface area contributed by atoms with E-state index in [1.807, 2.05) is 30.5 Å². The van der Waals surface area contributed by atoms with Gasteiger partial charge in [-0.05, 0) is 30.3 Å². The van der Waals surface area contributed by atoms with Crippen LogP contribution < -0.4 is 5.32 Å². The van der Waals surface area contributed by atoms with Crippen molar-refractivity contribution in [3.63, 3.8) is 0 Å². The Labute approximate surface area is 122 Å². The van der Waals surface area contributed by atoms with Crippen molar-refractivity contribution >= 4 is 22.6 Å². The molecule has 3 rings (SSSR count). The van der Waals surface area contributed by atoms with Gasteiger partial charge >= 0.3 is 0 Å². The first kappa shape index (κ1) is 13.2. The monoisotopic (exact) mass is 286 g/mol. The molecule has 0 unspecified atom stereocenters. The summed E-state index contributed by atoms with van der Waals surface area (Å²) < 4.78 is 5.85. The van der Waals surface area contributed by atoms with E-state index in [9.17, 15) is 0 Å². The molecule has 4 heteroatoms. The Morgan fingerprint density at radius 1 is 1.25 bits per heavy atom. The summed E-state index contributed by atoms with van der Waals surface area (Å²) in [4.78, 5) is 4.27. The highest BCUT2D eigenvalue weighted by Crippen LogP contribution is 2.31. The first-order chi connectivity index (χ1) is 9.78. The summed E-state index contributed by atoms with van der Waals surface area (Å²) in [6.07, 6.45) is 3.67. The van der Waals surface area contributed by atoms with Gasteiger partial charge < -0.3 is 9.73 Å². The van der Waals surface area contributed by atoms with Gasteiger partial charge in [0.2, 0.25) is 0 Å². The fraction of sp³-hybridized carbons (Fsp3) is 0.188. The van der Waals surface area contributed by atoms with Crippen LogP contribution in [0.4, 0.5) is 0 Å². The van der Waals surface area contributed by atoms with Crippen molar-refractivity contribution in [1.82, 2.24) is 10.3 Å². The first-order valence-corrected chi connectivity index (χ1v) is 6.99. The van der Waals surface area contributed by atoms with Crippen LogP contribution >= 0.6 is 11.6 Å². The molecule has 0 bridgehead atoms. The van der Waals surface area contributed by atoms with Crippen LogP contribution in [-0.4, -0.2) is 11.5 Å². The summed E-state index contributed by atoms with van der Waals surface area (Å²) in [6.45, 7) is 3.82. The summed E-state index contributed by atoms with van der Waals surface area (Å²) in [5, 5.41) is 4.92. The minimum absolute atomic E-state index is 0.630. The molecule has 0 saturated heterocycles. The molecule has 1 aromatic carbocycles. The number of halogens is 1. The molecular formula is C16H15ClN2O. The maximum Gasteiger partial charge on any atom is 0.153 e. The standard InChI is InChI=1S/C16H15ClN2O/c1-2-18-8-11-6-13(10-19-9-11)15-7-12-4-3-5-14(17)16(12)20-15/h3-7,9-10,18H,2,8H2,1H3. The lowest BCUT2D eigenvalue weighted by molar-refractivity contribution is 0.631. The molecule has 20 heavy (non-hydrogen) atoms. The van der Waals surface area contributed by atoms with E-state index in [-0.39, 0.29) is 0 Å². The largest absolute Gasteiger partial charge is 0.454 e. The predicted octanol–water partition coefficient (Wildman–Crippen LogP) is 4.26. The number of rotatable bonds is 4. The van der Waals surface area contributed by atoms with Crippen molar-refractivity contribution < 1.29 is 4.42 Å². The van der Waals surface area contributed by atoms with Gasteiger partial charge in [-0.2, -0.15) is 0 Å². The van der Waals surface area contributed by atoms with E-state index in [4.69, 9.17) is 16.0 Å². The SMILES string of the molecule is CCNCc1cncc(-c2cc3cccc(Cl)c3o2)c1. The number of nitrogens with zero attached hydrogens (tertiary/aromatic N) is 1. The van der Waals surface area contributed by atoms with Crippen LogP contribution in [0.2, 0.25) is 5.02 Å². The lowest BCUT2D eigenvalue weighted by Gasteiger charge is -2.03. The Balaban J connectivity index is 2.00. The Morgan fingerprint density at radius 2 is 2.15 bits per heavy atom. The second-order valence-corrected chi connectivity index (χ2v) is 5.04. The maximum atomic E-state index is 6.14. The molecular weight excluding hydrogens is 272 g/mol. The van der Waals surface area contributed by atoms with Gasteiger partial charge in [0.05, 0.1) is 5.02 Å². The number of fused-ring (bicyclic) bond motifs is 1. The Morgan fingerprint density at radius 3 is 2.95 bits per heavy atom. The van der Waals surface area contributed by atoms with Crippen LogP contribution in [0.3, 0.4) is 0 Å². The maximum absolute atomic E-state index is 6.14. The molecule has 3 nitrogen and oxygen atoms in total. The second-order valence-electron chi connectivity index (χ2n) is 4.63. The molecule has 2 aromatic heterocycles. The molecule has 0 radical (unpaired) electrons. The highest BCUT2D eigenvalue weighted by atomic mass is 35.5. The zero-order chi connectivity index (χ0) is 13.9. The van der Waals surface area contributed by atoms with Crippen molar-refractivity contribution in [2.45, 2.75) is 13.5 Å². The zero-order valence-corrected chi connectivity index (χ0v) is 11.9. The molecule has 1 N–H and O–H groups in total. The molecule has 0 amide bonds. The fourth-order valence-electron chi connectivity index (χ4n) is 2.16. The van der Waals surface area contributed by atoms with E-state index in [1.54, 1.807) is 6.20 Å². The molecule has 0 spiro atoms. The number of nitrogens with one attached hydrogen (secondary N) is 1. The third kappa shape index (κ3) is 2.55. The average molecular weight is 287 g/mol. The van der Waals surface area contributed by atoms with Crippen molar-refractivity contribution in [3.8, 4) is 11.3 Å². The minimum atomic E-state index is 0.630. The molecule has 102 valence electrons. The molecule has 0 aliphatic rings. The number of para-hydroxylation sites is 1. The van der Waals surface area contributed by atoms with Gasteiger partial charge in [0, 0.05) is 29.9 Å². The molecule has 3 aromatic rings. The Bertz CT molecular complexity index is 736. The van der Waals surface area contributed by atoms with E-state index >= 15 is 0 Å². The average Bonchev–Trinajstić information content (AvgIpc) is 2.91. The summed E-state index contributed by atoms with van der Waals surface area (Å²) >= 11 is 6.14. The van der Waals surface area contributed by atoms with Crippen LogP contribution in [0.25, 0.3) is 22.3 Å². The van der Waals surface area contributed by atoms with Gasteiger partial charge in [0.1, 0.15) is 5.76 Å². The lowest BCUT2D eigenvalue weighted by Crippen LogP contribution is -2.11. The van der Waals surface area contributed by atoms with E-state index in [0.29, 0.717) is 5.02 Å². The molecule has 0 aliphatic heterocycles. The topological polar surface area (TPSA) is 38.1 Å². The highest BCUT2D eigenvalue weighted by Gasteiger charge is 2.09. The summed E-state index contributed by atoms with van der Waals surface area (Å²) in [5.41, 5.74) is 2.82. The number of benzene rings is 1. The van der Waals surface area contributed by atoms with Gasteiger partial charge in [-0.3, -0.25) is 4.98 Å². The van der Waals surface area contributed by atoms with Crippen LogP contribution in [0.1, 0.15) is 12.5 Å². The molecule has 0 saturated carbocycles. The van der Waals surface area contributed by atoms with E-state index in [0.717, 1.165) is 40.9 Å². The highest BCUT2D eigenvalue weighted by molar-refractivity contribution is 6.34. The van der Waals surface area contributed by atoms with Crippen LogP contribution in [0.15, 0.2) is 47.1 Å². The minimum Gasteiger partial charge on any atom is -0.454 e. The van der Waals surface area contributed by atoms with Crippen molar-refractivity contribution in [3.05, 3.63) is 53.3 Å². The number of hydrogen-bond acceptors (Lipinski definition) is 3. The Kier molecular flexibility index (Phi) is 3.72. The van der Waals surface area contributed by atoms with Gasteiger partial charge in [-0.15, -0.1) is 0 Å². The molecule has 0 fully saturated rings. The van der Waals surface area contributed by atoms with Crippen LogP contribution in [0.5, 0.6) is 0 Å². The van der Waals surface area contributed by atoms with Crippen LogP contribution in [-0.2, 0) is 6.54 Å². The molecule has 0 atom stereocenters. The van der Waals surface area contributed by atoms with Gasteiger partial charge in [0.15, 0.2) is 5.58 Å². The van der Waals surface area contributed by atoms with Gasteiger partial charge in [-0.1, -0.05) is 30.7 Å². The van der Waals surface area contributed by atoms with Gasteiger partial charge in [-0.25, -0.2) is 0 Å². The van der Waals surface area contributed by atoms with Gasteiger partial charge in [0.25, 0.3) is 0 Å². The lowest BCUT2D eigenvalue weighted by atomic mass is 10.1. The first-order valence-electron chi connectivity index (χ1n) is 6.61. The number of pyridine rings is 1. The van der Waals surface area contributed by atoms with Crippen LogP contribution in [0, 0.1) is 0 Å². The van der Waals surface area contributed by atoms with Crippen molar-refractivity contribution in [1.29, 1.82) is 0 Å². The van der Waals surface area contributed by atoms with E-state index in [2.05, 4.69) is 23.3 Å². The summed E-state index contributed by atoms with van der Waals surface area (Å²) in [7, 11) is 0. The van der Waals surface area contributed by atoms with E-state index < -0.39 is 0 Å². The molecule has 0 aliphatic carbocycles. The second kappa shape index (κ2) is 5.65. The molecule has 2 heterocycles. The fourth-order valence-corrected chi connectivity index (χ4v) is 2.38. The number of aromatic nitrogens is 1.